The maximum Gasteiger partial charge on any atom is 0.264 e. The van der Waals surface area contributed by atoms with E-state index in [9.17, 15) is 13.2 Å². The van der Waals surface area contributed by atoms with Crippen molar-refractivity contribution in [2.75, 3.05) is 18.0 Å². The minimum absolute atomic E-state index is 0.0823. The molecule has 3 aromatic carbocycles. The average molecular weight is 425 g/mol. The maximum atomic E-state index is 13.3. The summed E-state index contributed by atoms with van der Waals surface area (Å²) in [5.74, 6) is 0.162. The summed E-state index contributed by atoms with van der Waals surface area (Å²) in [6.07, 6.45) is 0. The van der Waals surface area contributed by atoms with Crippen LogP contribution < -0.4 is 14.4 Å². The molecule has 0 radical (unpaired) electrons. The number of aryl methyl sites for hydroxylation is 1. The molecule has 6 nitrogen and oxygen atoms in total. The summed E-state index contributed by atoms with van der Waals surface area (Å²) in [7, 11) is -2.44. The van der Waals surface area contributed by atoms with Gasteiger partial charge in [0.1, 0.15) is 12.3 Å². The van der Waals surface area contributed by atoms with E-state index in [1.54, 1.807) is 42.5 Å². The Balaban J connectivity index is 1.84. The van der Waals surface area contributed by atoms with Crippen LogP contribution in [-0.4, -0.2) is 28.0 Å². The number of anilines is 1. The van der Waals surface area contributed by atoms with Crippen molar-refractivity contribution in [3.8, 4) is 5.75 Å². The molecule has 0 bridgehead atoms. The molecule has 156 valence electrons. The summed E-state index contributed by atoms with van der Waals surface area (Å²) < 4.78 is 32.8. The van der Waals surface area contributed by atoms with Gasteiger partial charge >= 0.3 is 0 Å². The van der Waals surface area contributed by atoms with E-state index in [4.69, 9.17) is 4.74 Å². The van der Waals surface area contributed by atoms with Gasteiger partial charge in [0.15, 0.2) is 0 Å². The van der Waals surface area contributed by atoms with E-state index in [1.165, 1.54) is 19.2 Å². The fourth-order valence-electron chi connectivity index (χ4n) is 2.97. The number of ether oxygens (including phenoxy) is 1. The van der Waals surface area contributed by atoms with Crippen LogP contribution in [0.4, 0.5) is 5.69 Å². The molecule has 0 atom stereocenters. The van der Waals surface area contributed by atoms with Crippen LogP contribution >= 0.6 is 0 Å². The minimum atomic E-state index is -3.95. The Labute approximate surface area is 177 Å². The van der Waals surface area contributed by atoms with Crippen molar-refractivity contribution in [2.24, 2.45) is 0 Å². The van der Waals surface area contributed by atoms with Gasteiger partial charge < -0.3 is 10.1 Å². The van der Waals surface area contributed by atoms with Gasteiger partial charge in [-0.05, 0) is 54.4 Å². The van der Waals surface area contributed by atoms with Gasteiger partial charge in [0, 0.05) is 6.54 Å². The van der Waals surface area contributed by atoms with Gasteiger partial charge in [-0.15, -0.1) is 0 Å². The average Bonchev–Trinajstić information content (AvgIpc) is 2.77. The Morgan fingerprint density at radius 1 is 0.933 bits per heavy atom. The first kappa shape index (κ1) is 21.4. The van der Waals surface area contributed by atoms with Crippen LogP contribution in [0, 0.1) is 6.92 Å². The number of rotatable bonds is 8. The monoisotopic (exact) mass is 424 g/mol. The number of nitrogens with zero attached hydrogens (tertiary/aromatic N) is 1. The van der Waals surface area contributed by atoms with Gasteiger partial charge in [0.05, 0.1) is 17.7 Å². The minimum Gasteiger partial charge on any atom is -0.497 e. The maximum absolute atomic E-state index is 13.3. The summed E-state index contributed by atoms with van der Waals surface area (Å²) in [4.78, 5) is 12.7. The topological polar surface area (TPSA) is 75.7 Å². The van der Waals surface area contributed by atoms with Gasteiger partial charge in [0.2, 0.25) is 5.91 Å². The smallest absolute Gasteiger partial charge is 0.264 e. The van der Waals surface area contributed by atoms with Gasteiger partial charge in [-0.3, -0.25) is 9.10 Å². The van der Waals surface area contributed by atoms with Crippen LogP contribution in [0.15, 0.2) is 83.8 Å². The third-order valence-corrected chi connectivity index (χ3v) is 6.50. The van der Waals surface area contributed by atoms with E-state index in [-0.39, 0.29) is 17.3 Å². The second kappa shape index (κ2) is 9.45. The number of hydrogen-bond acceptors (Lipinski definition) is 4. The molecule has 7 heteroatoms. The van der Waals surface area contributed by atoms with E-state index >= 15 is 0 Å². The van der Waals surface area contributed by atoms with Crippen LogP contribution in [-0.2, 0) is 21.4 Å². The van der Waals surface area contributed by atoms with E-state index in [0.29, 0.717) is 18.0 Å². The predicted octanol–water partition coefficient (Wildman–Crippen LogP) is 3.52. The van der Waals surface area contributed by atoms with Crippen molar-refractivity contribution >= 4 is 21.6 Å². The molecule has 0 aliphatic rings. The molecule has 3 aromatic rings. The molecular formula is C23H24N2O4S. The van der Waals surface area contributed by atoms with E-state index in [2.05, 4.69) is 5.32 Å². The lowest BCUT2D eigenvalue weighted by Gasteiger charge is -2.24. The van der Waals surface area contributed by atoms with Crippen LogP contribution in [0.1, 0.15) is 11.1 Å². The number of sulfonamides is 1. The first-order chi connectivity index (χ1) is 14.4. The zero-order valence-electron chi connectivity index (χ0n) is 16.9. The Morgan fingerprint density at radius 2 is 1.57 bits per heavy atom. The predicted molar refractivity (Wildman–Crippen MR) is 117 cm³/mol. The Bertz CT molecular complexity index is 1100. The Hall–Kier alpha value is -3.32. The molecule has 0 spiro atoms. The number of benzene rings is 3. The summed E-state index contributed by atoms with van der Waals surface area (Å²) >= 11 is 0. The fraction of sp³-hybridized carbons (Fsp3) is 0.174. The summed E-state index contributed by atoms with van der Waals surface area (Å²) in [5.41, 5.74) is 2.46. The van der Waals surface area contributed by atoms with E-state index < -0.39 is 10.0 Å². The molecule has 1 N–H and O–H groups in total. The number of carbonyl (C=O) groups is 1. The normalized spacial score (nSPS) is 11.0. The third-order valence-electron chi connectivity index (χ3n) is 4.72. The quantitative estimate of drug-likeness (QED) is 0.600. The summed E-state index contributed by atoms with van der Waals surface area (Å²) in [6.45, 7) is 1.97. The molecule has 0 saturated carbocycles. The molecule has 0 aliphatic heterocycles. The lowest BCUT2D eigenvalue weighted by atomic mass is 10.1. The zero-order chi connectivity index (χ0) is 21.6. The molecule has 0 saturated heterocycles. The second-order valence-corrected chi connectivity index (χ2v) is 8.59. The van der Waals surface area contributed by atoms with Gasteiger partial charge in [-0.2, -0.15) is 0 Å². The number of para-hydroxylation sites is 1. The van der Waals surface area contributed by atoms with Crippen LogP contribution in [0.5, 0.6) is 5.75 Å². The highest BCUT2D eigenvalue weighted by molar-refractivity contribution is 7.92. The first-order valence-corrected chi connectivity index (χ1v) is 10.9. The lowest BCUT2D eigenvalue weighted by Crippen LogP contribution is -2.40. The fourth-order valence-corrected chi connectivity index (χ4v) is 4.39. The second-order valence-electron chi connectivity index (χ2n) is 6.73. The molecule has 0 fully saturated rings. The highest BCUT2D eigenvalue weighted by atomic mass is 32.2. The zero-order valence-corrected chi connectivity index (χ0v) is 17.7. The van der Waals surface area contributed by atoms with Crippen molar-refractivity contribution in [3.63, 3.8) is 0 Å². The van der Waals surface area contributed by atoms with E-state index in [0.717, 1.165) is 15.4 Å². The Morgan fingerprint density at radius 3 is 2.20 bits per heavy atom. The largest absolute Gasteiger partial charge is 0.497 e. The highest BCUT2D eigenvalue weighted by Crippen LogP contribution is 2.24. The number of methoxy groups -OCH3 is 1. The molecule has 0 aliphatic carbocycles. The molecular weight excluding hydrogens is 400 g/mol. The number of carbonyl (C=O) groups excluding carboxylic acids is 1. The molecule has 30 heavy (non-hydrogen) atoms. The molecule has 0 unspecified atom stereocenters. The van der Waals surface area contributed by atoms with Gasteiger partial charge in [0.25, 0.3) is 10.0 Å². The van der Waals surface area contributed by atoms with Crippen LogP contribution in [0.2, 0.25) is 0 Å². The first-order valence-electron chi connectivity index (χ1n) is 9.45. The van der Waals surface area contributed by atoms with Crippen LogP contribution in [0.3, 0.4) is 0 Å². The van der Waals surface area contributed by atoms with Gasteiger partial charge in [-0.25, -0.2) is 8.42 Å². The molecule has 0 aromatic heterocycles. The highest BCUT2D eigenvalue weighted by Gasteiger charge is 2.27. The summed E-state index contributed by atoms with van der Waals surface area (Å²) in [6, 6.07) is 22.4. The Kier molecular flexibility index (Phi) is 6.74. The van der Waals surface area contributed by atoms with E-state index in [1.807, 2.05) is 31.2 Å². The molecule has 0 heterocycles. The van der Waals surface area contributed by atoms with Crippen LogP contribution in [0.25, 0.3) is 0 Å². The number of nitrogens with one attached hydrogen (secondary N) is 1. The van der Waals surface area contributed by atoms with Crippen molar-refractivity contribution in [3.05, 3.63) is 90.0 Å². The molecule has 3 rings (SSSR count). The standard InChI is InChI=1S/C23H24N2O4S/c1-18-8-6-7-9-19(18)16-24-23(26)17-25(20-10-4-3-5-11-20)30(27,28)22-14-12-21(29-2)13-15-22/h3-15H,16-17H2,1-2H3,(H,24,26). The summed E-state index contributed by atoms with van der Waals surface area (Å²) in [5, 5.41) is 2.82. The van der Waals surface area contributed by atoms with Crippen molar-refractivity contribution in [1.82, 2.24) is 5.32 Å². The number of hydrogen-bond donors (Lipinski definition) is 1. The lowest BCUT2D eigenvalue weighted by molar-refractivity contribution is -0.119. The van der Waals surface area contributed by atoms with Gasteiger partial charge in [-0.1, -0.05) is 42.5 Å². The molecule has 1 amide bonds. The SMILES string of the molecule is COc1ccc(S(=O)(=O)N(CC(=O)NCc2ccccc2C)c2ccccc2)cc1. The van der Waals surface area contributed by atoms with Crippen molar-refractivity contribution in [2.45, 2.75) is 18.4 Å². The van der Waals surface area contributed by atoms with Crippen molar-refractivity contribution < 1.29 is 17.9 Å². The number of amides is 1. The third kappa shape index (κ3) is 4.99. The van der Waals surface area contributed by atoms with Crippen molar-refractivity contribution in [1.29, 1.82) is 0 Å².